The van der Waals surface area contributed by atoms with Crippen LogP contribution in [0.2, 0.25) is 0 Å². The highest BCUT2D eigenvalue weighted by molar-refractivity contribution is 5.77. The number of nitriles is 1. The van der Waals surface area contributed by atoms with E-state index in [0.717, 1.165) is 25.9 Å². The van der Waals surface area contributed by atoms with Crippen molar-refractivity contribution in [1.29, 1.82) is 5.26 Å². The van der Waals surface area contributed by atoms with Gasteiger partial charge in [-0.2, -0.15) is 5.26 Å². The van der Waals surface area contributed by atoms with E-state index in [4.69, 9.17) is 5.26 Å². The van der Waals surface area contributed by atoms with Crippen LogP contribution in [0.5, 0.6) is 0 Å². The van der Waals surface area contributed by atoms with Crippen LogP contribution >= 0.6 is 0 Å². The van der Waals surface area contributed by atoms with Gasteiger partial charge in [0.05, 0.1) is 24.6 Å². The van der Waals surface area contributed by atoms with E-state index >= 15 is 0 Å². The molecule has 0 saturated carbocycles. The minimum atomic E-state index is -0.591. The number of carbonyl (C=O) groups is 1. The molecule has 1 unspecified atom stereocenters. The zero-order chi connectivity index (χ0) is 12.7. The molecule has 2 N–H and O–H groups in total. The Balaban J connectivity index is 2.27. The van der Waals surface area contributed by atoms with Gasteiger partial charge in [0.1, 0.15) is 0 Å². The molecule has 17 heavy (non-hydrogen) atoms. The fourth-order valence-corrected chi connectivity index (χ4v) is 1.99. The minimum absolute atomic E-state index is 0.0400. The van der Waals surface area contributed by atoms with Gasteiger partial charge in [-0.3, -0.25) is 9.69 Å². The summed E-state index contributed by atoms with van der Waals surface area (Å²) < 4.78 is 0. The Hall–Kier alpha value is -1.12. The maximum atomic E-state index is 11.5. The van der Waals surface area contributed by atoms with Crippen LogP contribution < -0.4 is 5.32 Å². The van der Waals surface area contributed by atoms with E-state index < -0.39 is 5.60 Å². The third-order valence-corrected chi connectivity index (χ3v) is 3.08. The van der Waals surface area contributed by atoms with Crippen molar-refractivity contribution in [3.05, 3.63) is 0 Å². The monoisotopic (exact) mass is 239 g/mol. The van der Waals surface area contributed by atoms with Crippen molar-refractivity contribution in [2.45, 2.75) is 38.2 Å². The summed E-state index contributed by atoms with van der Waals surface area (Å²) in [7, 11) is 0. The standard InChI is InChI=1S/C12H21N3O2/c1-12(17)4-2-8-15(9-5-12)10-11(16)14-7-3-6-13/h17H,2-5,7-10H2,1H3,(H,14,16). The molecule has 1 aliphatic rings. The average Bonchev–Trinajstić information content (AvgIpc) is 2.41. The molecule has 1 saturated heterocycles. The van der Waals surface area contributed by atoms with Crippen LogP contribution in [0.3, 0.4) is 0 Å². The number of nitrogens with one attached hydrogen (secondary N) is 1. The lowest BCUT2D eigenvalue weighted by Crippen LogP contribution is -2.38. The molecule has 0 bridgehead atoms. The molecule has 5 heteroatoms. The Morgan fingerprint density at radius 2 is 2.29 bits per heavy atom. The quantitative estimate of drug-likeness (QED) is 0.690. The highest BCUT2D eigenvalue weighted by atomic mass is 16.3. The van der Waals surface area contributed by atoms with Gasteiger partial charge < -0.3 is 10.4 Å². The largest absolute Gasteiger partial charge is 0.390 e. The highest BCUT2D eigenvalue weighted by Gasteiger charge is 2.25. The van der Waals surface area contributed by atoms with Gasteiger partial charge in [-0.05, 0) is 32.7 Å². The van der Waals surface area contributed by atoms with E-state index in [0.29, 0.717) is 25.9 Å². The fourth-order valence-electron chi connectivity index (χ4n) is 1.99. The Kier molecular flexibility index (Phi) is 5.39. The number of aliphatic hydroxyl groups is 1. The first kappa shape index (κ1) is 13.9. The highest BCUT2D eigenvalue weighted by Crippen LogP contribution is 2.20. The molecule has 0 aliphatic carbocycles. The Bertz CT molecular complexity index is 297. The number of hydrogen-bond acceptors (Lipinski definition) is 4. The third kappa shape index (κ3) is 5.66. The molecule has 96 valence electrons. The van der Waals surface area contributed by atoms with Crippen molar-refractivity contribution in [3.63, 3.8) is 0 Å². The van der Waals surface area contributed by atoms with Crippen molar-refractivity contribution in [2.75, 3.05) is 26.2 Å². The number of likely N-dealkylation sites (tertiary alicyclic amines) is 1. The van der Waals surface area contributed by atoms with Crippen LogP contribution in [0.4, 0.5) is 0 Å². The Labute approximate surface area is 102 Å². The predicted molar refractivity (Wildman–Crippen MR) is 64.2 cm³/mol. The van der Waals surface area contributed by atoms with E-state index in [1.165, 1.54) is 0 Å². The molecule has 1 heterocycles. The summed E-state index contributed by atoms with van der Waals surface area (Å²) in [5, 5.41) is 21.0. The van der Waals surface area contributed by atoms with Crippen LogP contribution in [0.15, 0.2) is 0 Å². The SMILES string of the molecule is CC1(O)CCCN(CC(=O)NCCC#N)CC1. The van der Waals surface area contributed by atoms with Crippen molar-refractivity contribution in [3.8, 4) is 6.07 Å². The zero-order valence-corrected chi connectivity index (χ0v) is 10.4. The van der Waals surface area contributed by atoms with Crippen molar-refractivity contribution >= 4 is 5.91 Å². The van der Waals surface area contributed by atoms with Crippen molar-refractivity contribution in [1.82, 2.24) is 10.2 Å². The first-order valence-electron chi connectivity index (χ1n) is 6.12. The molecule has 0 aromatic heterocycles. The van der Waals surface area contributed by atoms with Gasteiger partial charge in [-0.15, -0.1) is 0 Å². The lowest BCUT2D eigenvalue weighted by molar-refractivity contribution is -0.122. The van der Waals surface area contributed by atoms with Crippen molar-refractivity contribution in [2.24, 2.45) is 0 Å². The summed E-state index contributed by atoms with van der Waals surface area (Å²) in [5.41, 5.74) is -0.591. The summed E-state index contributed by atoms with van der Waals surface area (Å²) in [4.78, 5) is 13.6. The van der Waals surface area contributed by atoms with Gasteiger partial charge in [0.15, 0.2) is 0 Å². The molecule has 1 rings (SSSR count). The second kappa shape index (κ2) is 6.58. The van der Waals surface area contributed by atoms with Gasteiger partial charge in [-0.1, -0.05) is 0 Å². The lowest BCUT2D eigenvalue weighted by atomic mass is 9.98. The summed E-state index contributed by atoms with van der Waals surface area (Å²) in [6.07, 6.45) is 2.76. The molecule has 0 aromatic rings. The number of rotatable bonds is 4. The van der Waals surface area contributed by atoms with Gasteiger partial charge in [0, 0.05) is 13.1 Å². The van der Waals surface area contributed by atoms with Gasteiger partial charge in [-0.25, -0.2) is 0 Å². The van der Waals surface area contributed by atoms with Crippen molar-refractivity contribution < 1.29 is 9.90 Å². The van der Waals surface area contributed by atoms with Gasteiger partial charge >= 0.3 is 0 Å². The molecule has 0 radical (unpaired) electrons. The number of nitrogens with zero attached hydrogens (tertiary/aromatic N) is 2. The normalized spacial score (nSPS) is 25.9. The van der Waals surface area contributed by atoms with Gasteiger partial charge in [0.2, 0.25) is 5.91 Å². The van der Waals surface area contributed by atoms with Crippen LogP contribution in [0, 0.1) is 11.3 Å². The summed E-state index contributed by atoms with van der Waals surface area (Å²) in [6, 6.07) is 1.99. The maximum Gasteiger partial charge on any atom is 0.234 e. The molecule has 1 amide bonds. The van der Waals surface area contributed by atoms with E-state index in [1.54, 1.807) is 0 Å². The second-order valence-corrected chi connectivity index (χ2v) is 4.88. The summed E-state index contributed by atoms with van der Waals surface area (Å²) in [6.45, 7) is 4.23. The molecule has 1 fully saturated rings. The molecule has 0 spiro atoms. The van der Waals surface area contributed by atoms with E-state index in [1.807, 2.05) is 13.0 Å². The molecule has 1 atom stereocenters. The smallest absolute Gasteiger partial charge is 0.234 e. The Morgan fingerprint density at radius 3 is 3.00 bits per heavy atom. The molecular weight excluding hydrogens is 218 g/mol. The molecule has 1 aliphatic heterocycles. The van der Waals surface area contributed by atoms with E-state index in [2.05, 4.69) is 10.2 Å². The number of amides is 1. The second-order valence-electron chi connectivity index (χ2n) is 4.88. The summed E-state index contributed by atoms with van der Waals surface area (Å²) in [5.74, 6) is -0.0400. The lowest BCUT2D eigenvalue weighted by Gasteiger charge is -2.21. The van der Waals surface area contributed by atoms with Crippen LogP contribution in [-0.4, -0.2) is 47.7 Å². The van der Waals surface area contributed by atoms with Crippen LogP contribution in [0.25, 0.3) is 0 Å². The number of hydrogen-bond donors (Lipinski definition) is 2. The van der Waals surface area contributed by atoms with E-state index in [-0.39, 0.29) is 5.91 Å². The first-order valence-corrected chi connectivity index (χ1v) is 6.12. The van der Waals surface area contributed by atoms with Gasteiger partial charge in [0.25, 0.3) is 0 Å². The topological polar surface area (TPSA) is 76.4 Å². The summed E-state index contributed by atoms with van der Waals surface area (Å²) >= 11 is 0. The third-order valence-electron chi connectivity index (χ3n) is 3.08. The first-order chi connectivity index (χ1) is 8.03. The maximum absolute atomic E-state index is 11.5. The average molecular weight is 239 g/mol. The minimum Gasteiger partial charge on any atom is -0.390 e. The fraction of sp³-hybridized carbons (Fsp3) is 0.833. The molecule has 5 nitrogen and oxygen atoms in total. The number of carbonyl (C=O) groups excluding carboxylic acids is 1. The predicted octanol–water partition coefficient (Wildman–Crippen LogP) is 0.253. The van der Waals surface area contributed by atoms with Crippen LogP contribution in [0.1, 0.15) is 32.6 Å². The Morgan fingerprint density at radius 1 is 1.53 bits per heavy atom. The van der Waals surface area contributed by atoms with Crippen LogP contribution in [-0.2, 0) is 4.79 Å². The molecular formula is C12H21N3O2. The zero-order valence-electron chi connectivity index (χ0n) is 10.4. The molecule has 0 aromatic carbocycles. The van der Waals surface area contributed by atoms with E-state index in [9.17, 15) is 9.90 Å².